The van der Waals surface area contributed by atoms with Crippen molar-refractivity contribution >= 4 is 45.1 Å². The maximum Gasteiger partial charge on any atom is 0.375 e. The molecule has 0 aliphatic rings. The normalized spacial score (nSPS) is 10.8. The maximum absolute atomic E-state index is 12.5. The van der Waals surface area contributed by atoms with Crippen LogP contribution >= 0.6 is 11.3 Å². The predicted octanol–water partition coefficient (Wildman–Crippen LogP) is 2.93. The highest BCUT2D eigenvalue weighted by Gasteiger charge is 2.23. The molecule has 9 heteroatoms. The minimum absolute atomic E-state index is 0.00333. The molecule has 0 spiro atoms. The van der Waals surface area contributed by atoms with Gasteiger partial charge in [0, 0.05) is 17.6 Å². The molecule has 1 aromatic carbocycles. The number of benzene rings is 1. The van der Waals surface area contributed by atoms with E-state index in [0.29, 0.717) is 22.8 Å². The zero-order valence-corrected chi connectivity index (χ0v) is 15.8. The van der Waals surface area contributed by atoms with Crippen LogP contribution in [0.25, 0.3) is 11.0 Å². The number of carbonyl (C=O) groups excluding carboxylic acids is 3. The number of carbonyl (C=O) groups is 3. The van der Waals surface area contributed by atoms with Crippen molar-refractivity contribution in [1.82, 2.24) is 0 Å². The number of nitrogens with two attached hydrogens (primary N) is 1. The van der Waals surface area contributed by atoms with Crippen molar-refractivity contribution in [1.29, 1.82) is 0 Å². The predicted molar refractivity (Wildman–Crippen MR) is 103 cm³/mol. The van der Waals surface area contributed by atoms with Crippen LogP contribution in [0, 0.1) is 0 Å². The molecule has 2 amide bonds. The number of para-hydroxylation sites is 1. The summed E-state index contributed by atoms with van der Waals surface area (Å²) in [5.41, 5.74) is 6.52. The number of ether oxygens (including phenoxy) is 2. The third-order valence-electron chi connectivity index (χ3n) is 3.85. The highest BCUT2D eigenvalue weighted by atomic mass is 32.1. The molecule has 0 unspecified atom stereocenters. The number of thiophene rings is 1. The molecule has 0 fully saturated rings. The van der Waals surface area contributed by atoms with Crippen LogP contribution in [0.3, 0.4) is 0 Å². The van der Waals surface area contributed by atoms with Crippen LogP contribution in [0.15, 0.2) is 40.1 Å². The van der Waals surface area contributed by atoms with Crippen molar-refractivity contribution in [2.45, 2.75) is 13.5 Å². The number of amides is 2. The largest absolute Gasteiger partial charge is 0.450 e. The zero-order chi connectivity index (χ0) is 20.1. The summed E-state index contributed by atoms with van der Waals surface area (Å²) < 4.78 is 16.1. The zero-order valence-electron chi connectivity index (χ0n) is 15.0. The first kappa shape index (κ1) is 19.6. The van der Waals surface area contributed by atoms with Gasteiger partial charge in [-0.15, -0.1) is 11.3 Å². The van der Waals surface area contributed by atoms with Gasteiger partial charge in [-0.1, -0.05) is 18.2 Å². The van der Waals surface area contributed by atoms with Crippen LogP contribution in [-0.2, 0) is 20.9 Å². The van der Waals surface area contributed by atoms with Gasteiger partial charge >= 0.3 is 5.97 Å². The van der Waals surface area contributed by atoms with E-state index >= 15 is 0 Å². The van der Waals surface area contributed by atoms with Crippen molar-refractivity contribution < 1.29 is 28.3 Å². The maximum atomic E-state index is 12.5. The Morgan fingerprint density at radius 2 is 2.00 bits per heavy atom. The lowest BCUT2D eigenvalue weighted by Crippen LogP contribution is -2.22. The molecule has 0 saturated carbocycles. The number of furan rings is 1. The van der Waals surface area contributed by atoms with Crippen molar-refractivity contribution in [2.75, 3.05) is 18.5 Å². The molecule has 3 aromatic rings. The fourth-order valence-electron chi connectivity index (χ4n) is 2.57. The van der Waals surface area contributed by atoms with Crippen LogP contribution < -0.4 is 11.1 Å². The lowest BCUT2D eigenvalue weighted by molar-refractivity contribution is -0.119. The number of nitrogens with one attached hydrogen (secondary N) is 1. The first-order valence-electron chi connectivity index (χ1n) is 8.43. The molecule has 3 rings (SSSR count). The molecule has 0 radical (unpaired) electrons. The standard InChI is InChI=1S/C19H18N2O6S/c1-2-25-9-13-11-5-3-4-6-14(11)27-16(13)19(24)26-10-15(22)21-18-12(17(20)23)7-8-28-18/h3-8H,2,9-10H2,1H3,(H2,20,23)(H,21,22). The van der Waals surface area contributed by atoms with E-state index in [4.69, 9.17) is 19.6 Å². The van der Waals surface area contributed by atoms with Gasteiger partial charge < -0.3 is 24.9 Å². The summed E-state index contributed by atoms with van der Waals surface area (Å²) in [7, 11) is 0. The van der Waals surface area contributed by atoms with E-state index < -0.39 is 24.4 Å². The second-order valence-corrected chi connectivity index (χ2v) is 6.61. The topological polar surface area (TPSA) is 121 Å². The van der Waals surface area contributed by atoms with Gasteiger partial charge in [0.15, 0.2) is 6.61 Å². The number of primary amides is 1. The third kappa shape index (κ3) is 4.21. The number of hydrogen-bond acceptors (Lipinski definition) is 7. The summed E-state index contributed by atoms with van der Waals surface area (Å²) >= 11 is 1.14. The number of anilines is 1. The molecule has 0 aliphatic carbocycles. The molecule has 0 aliphatic heterocycles. The highest BCUT2D eigenvalue weighted by Crippen LogP contribution is 2.27. The van der Waals surface area contributed by atoms with Crippen molar-refractivity contribution in [2.24, 2.45) is 5.73 Å². The Morgan fingerprint density at radius 1 is 1.21 bits per heavy atom. The van der Waals surface area contributed by atoms with Crippen LogP contribution in [-0.4, -0.2) is 31.0 Å². The summed E-state index contributed by atoms with van der Waals surface area (Å²) in [5.74, 6) is -2.03. The molecule has 3 N–H and O–H groups in total. The van der Waals surface area contributed by atoms with E-state index in [2.05, 4.69) is 5.32 Å². The number of hydrogen-bond donors (Lipinski definition) is 2. The Labute approximate surface area is 164 Å². The average molecular weight is 402 g/mol. The van der Waals surface area contributed by atoms with Crippen molar-refractivity contribution in [3.63, 3.8) is 0 Å². The van der Waals surface area contributed by atoms with E-state index in [1.54, 1.807) is 17.5 Å². The molecule has 28 heavy (non-hydrogen) atoms. The first-order valence-corrected chi connectivity index (χ1v) is 9.31. The second-order valence-electron chi connectivity index (χ2n) is 5.69. The summed E-state index contributed by atoms with van der Waals surface area (Å²) in [5, 5.41) is 5.17. The fourth-order valence-corrected chi connectivity index (χ4v) is 3.38. The van der Waals surface area contributed by atoms with E-state index in [-0.39, 0.29) is 17.9 Å². The van der Waals surface area contributed by atoms with Gasteiger partial charge in [0.05, 0.1) is 12.2 Å². The minimum Gasteiger partial charge on any atom is -0.450 e. The lowest BCUT2D eigenvalue weighted by atomic mass is 10.1. The molecule has 2 aromatic heterocycles. The van der Waals surface area contributed by atoms with Gasteiger partial charge in [0.2, 0.25) is 5.76 Å². The molecular formula is C19H18N2O6S. The minimum atomic E-state index is -0.776. The smallest absolute Gasteiger partial charge is 0.375 e. The van der Waals surface area contributed by atoms with E-state index in [1.807, 2.05) is 19.1 Å². The highest BCUT2D eigenvalue weighted by molar-refractivity contribution is 7.14. The molecule has 2 heterocycles. The molecule has 0 atom stereocenters. The van der Waals surface area contributed by atoms with Gasteiger partial charge in [-0.3, -0.25) is 9.59 Å². The third-order valence-corrected chi connectivity index (χ3v) is 4.68. The van der Waals surface area contributed by atoms with Crippen LogP contribution in [0.4, 0.5) is 5.00 Å². The van der Waals surface area contributed by atoms with E-state index in [0.717, 1.165) is 16.7 Å². The van der Waals surface area contributed by atoms with Gasteiger partial charge in [-0.25, -0.2) is 4.79 Å². The number of fused-ring (bicyclic) bond motifs is 1. The van der Waals surface area contributed by atoms with Crippen LogP contribution in [0.2, 0.25) is 0 Å². The SMILES string of the molecule is CCOCc1c(C(=O)OCC(=O)Nc2sccc2C(N)=O)oc2ccccc12. The Balaban J connectivity index is 1.70. The summed E-state index contributed by atoms with van der Waals surface area (Å²) in [6.07, 6.45) is 0. The van der Waals surface area contributed by atoms with Gasteiger partial charge in [0.1, 0.15) is 10.6 Å². The van der Waals surface area contributed by atoms with Crippen LogP contribution in [0.1, 0.15) is 33.4 Å². The van der Waals surface area contributed by atoms with Gasteiger partial charge in [-0.05, 0) is 24.4 Å². The molecule has 0 saturated heterocycles. The Kier molecular flexibility index (Phi) is 6.07. The van der Waals surface area contributed by atoms with Gasteiger partial charge in [-0.2, -0.15) is 0 Å². The Hall–Kier alpha value is -3.17. The molecule has 0 bridgehead atoms. The Bertz CT molecular complexity index is 1020. The fraction of sp³-hybridized carbons (Fsp3) is 0.211. The van der Waals surface area contributed by atoms with Gasteiger partial charge in [0.25, 0.3) is 11.8 Å². The average Bonchev–Trinajstić information content (AvgIpc) is 3.29. The Morgan fingerprint density at radius 3 is 2.75 bits per heavy atom. The van der Waals surface area contributed by atoms with E-state index in [9.17, 15) is 14.4 Å². The lowest BCUT2D eigenvalue weighted by Gasteiger charge is -2.06. The summed E-state index contributed by atoms with van der Waals surface area (Å²) in [4.78, 5) is 35.8. The van der Waals surface area contributed by atoms with Crippen molar-refractivity contribution in [3.05, 3.63) is 52.6 Å². The van der Waals surface area contributed by atoms with E-state index in [1.165, 1.54) is 6.07 Å². The summed E-state index contributed by atoms with van der Waals surface area (Å²) in [6, 6.07) is 8.67. The molecule has 8 nitrogen and oxygen atoms in total. The second kappa shape index (κ2) is 8.68. The number of esters is 1. The van der Waals surface area contributed by atoms with Crippen LogP contribution in [0.5, 0.6) is 0 Å². The quantitative estimate of drug-likeness (QED) is 0.559. The first-order chi connectivity index (χ1) is 13.5. The molecule has 146 valence electrons. The van der Waals surface area contributed by atoms with Crippen molar-refractivity contribution in [3.8, 4) is 0 Å². The molecular weight excluding hydrogens is 384 g/mol. The summed E-state index contributed by atoms with van der Waals surface area (Å²) in [6.45, 7) is 1.95. The monoisotopic (exact) mass is 402 g/mol. The number of rotatable bonds is 8.